The minimum Gasteiger partial charge on any atom is -0.497 e. The van der Waals surface area contributed by atoms with Crippen molar-refractivity contribution in [3.8, 4) is 5.75 Å². The van der Waals surface area contributed by atoms with Crippen LogP contribution in [0, 0.1) is 5.82 Å². The Hall–Kier alpha value is -1.13. The SMILES string of the molecule is CNCC(OC)c1ccc(OC)cc1F. The third kappa shape index (κ3) is 2.91. The zero-order chi connectivity index (χ0) is 11.3. The quantitative estimate of drug-likeness (QED) is 0.808. The van der Waals surface area contributed by atoms with E-state index in [4.69, 9.17) is 9.47 Å². The van der Waals surface area contributed by atoms with E-state index >= 15 is 0 Å². The average molecular weight is 213 g/mol. The van der Waals surface area contributed by atoms with Crippen molar-refractivity contribution in [3.63, 3.8) is 0 Å². The maximum atomic E-state index is 13.6. The number of halogens is 1. The summed E-state index contributed by atoms with van der Waals surface area (Å²) < 4.78 is 23.7. The molecular weight excluding hydrogens is 197 g/mol. The molecule has 1 unspecified atom stereocenters. The molecule has 4 heteroatoms. The molecule has 1 aromatic rings. The van der Waals surface area contributed by atoms with Gasteiger partial charge in [0.2, 0.25) is 0 Å². The molecule has 0 spiro atoms. The lowest BCUT2D eigenvalue weighted by molar-refractivity contribution is 0.101. The molecule has 0 aromatic heterocycles. The second-order valence-electron chi connectivity index (χ2n) is 3.17. The predicted octanol–water partition coefficient (Wildman–Crippen LogP) is 1.74. The highest BCUT2D eigenvalue weighted by Gasteiger charge is 2.14. The fourth-order valence-electron chi connectivity index (χ4n) is 1.40. The van der Waals surface area contributed by atoms with Crippen LogP contribution in [0.5, 0.6) is 5.75 Å². The van der Waals surface area contributed by atoms with Crippen LogP contribution in [0.25, 0.3) is 0 Å². The number of hydrogen-bond acceptors (Lipinski definition) is 3. The zero-order valence-corrected chi connectivity index (χ0v) is 9.21. The lowest BCUT2D eigenvalue weighted by Crippen LogP contribution is -2.19. The molecule has 1 N–H and O–H groups in total. The van der Waals surface area contributed by atoms with Crippen molar-refractivity contribution in [1.29, 1.82) is 0 Å². The van der Waals surface area contributed by atoms with E-state index < -0.39 is 0 Å². The number of rotatable bonds is 5. The molecule has 0 fully saturated rings. The zero-order valence-electron chi connectivity index (χ0n) is 9.21. The van der Waals surface area contributed by atoms with Crippen LogP contribution < -0.4 is 10.1 Å². The largest absolute Gasteiger partial charge is 0.497 e. The van der Waals surface area contributed by atoms with Crippen molar-refractivity contribution < 1.29 is 13.9 Å². The Morgan fingerprint density at radius 2 is 2.13 bits per heavy atom. The highest BCUT2D eigenvalue weighted by atomic mass is 19.1. The van der Waals surface area contributed by atoms with Crippen LogP contribution in [0.1, 0.15) is 11.7 Å². The number of nitrogens with one attached hydrogen (secondary N) is 1. The summed E-state index contributed by atoms with van der Waals surface area (Å²) in [5.74, 6) is 0.201. The summed E-state index contributed by atoms with van der Waals surface area (Å²) in [5.41, 5.74) is 0.535. The van der Waals surface area contributed by atoms with Gasteiger partial charge in [0.15, 0.2) is 0 Å². The van der Waals surface area contributed by atoms with Gasteiger partial charge in [-0.1, -0.05) is 0 Å². The van der Waals surface area contributed by atoms with E-state index in [1.54, 1.807) is 26.3 Å². The minimum atomic E-state index is -0.309. The Balaban J connectivity index is 2.92. The van der Waals surface area contributed by atoms with Gasteiger partial charge < -0.3 is 14.8 Å². The number of benzene rings is 1. The lowest BCUT2D eigenvalue weighted by Gasteiger charge is -2.16. The van der Waals surface area contributed by atoms with Gasteiger partial charge in [0.1, 0.15) is 11.6 Å². The molecule has 0 aliphatic rings. The second-order valence-corrected chi connectivity index (χ2v) is 3.17. The van der Waals surface area contributed by atoms with Crippen molar-refractivity contribution >= 4 is 0 Å². The van der Waals surface area contributed by atoms with Crippen molar-refractivity contribution in [2.75, 3.05) is 27.8 Å². The van der Waals surface area contributed by atoms with Gasteiger partial charge in [-0.25, -0.2) is 4.39 Å². The van der Waals surface area contributed by atoms with Gasteiger partial charge in [0.25, 0.3) is 0 Å². The standard InChI is InChI=1S/C11H16FNO2/c1-13-7-11(15-3)9-5-4-8(14-2)6-10(9)12/h4-6,11,13H,7H2,1-3H3. The van der Waals surface area contributed by atoms with Crippen LogP contribution in [-0.4, -0.2) is 27.8 Å². The molecule has 0 aliphatic heterocycles. The summed E-state index contributed by atoms with van der Waals surface area (Å²) in [7, 11) is 4.87. The van der Waals surface area contributed by atoms with Gasteiger partial charge in [-0.05, 0) is 19.2 Å². The van der Waals surface area contributed by atoms with E-state index in [9.17, 15) is 4.39 Å². The number of likely N-dealkylation sites (N-methyl/N-ethyl adjacent to an activating group) is 1. The van der Waals surface area contributed by atoms with Crippen LogP contribution in [0.4, 0.5) is 4.39 Å². The molecule has 0 heterocycles. The van der Waals surface area contributed by atoms with Crippen LogP contribution in [-0.2, 0) is 4.74 Å². The van der Waals surface area contributed by atoms with Crippen LogP contribution in [0.2, 0.25) is 0 Å². The van der Waals surface area contributed by atoms with Crippen molar-refractivity contribution in [2.45, 2.75) is 6.10 Å². The molecule has 15 heavy (non-hydrogen) atoms. The van der Waals surface area contributed by atoms with Crippen LogP contribution >= 0.6 is 0 Å². The van der Waals surface area contributed by atoms with Gasteiger partial charge >= 0.3 is 0 Å². The number of ether oxygens (including phenoxy) is 2. The predicted molar refractivity (Wildman–Crippen MR) is 56.6 cm³/mol. The Morgan fingerprint density at radius 1 is 1.40 bits per heavy atom. The van der Waals surface area contributed by atoms with Crippen LogP contribution in [0.15, 0.2) is 18.2 Å². The number of hydrogen-bond donors (Lipinski definition) is 1. The number of methoxy groups -OCH3 is 2. The molecule has 0 saturated heterocycles. The summed E-state index contributed by atoms with van der Waals surface area (Å²) in [6.07, 6.45) is -0.277. The average Bonchev–Trinajstić information content (AvgIpc) is 2.26. The fourth-order valence-corrected chi connectivity index (χ4v) is 1.40. The summed E-state index contributed by atoms with van der Waals surface area (Å²) in [4.78, 5) is 0. The van der Waals surface area contributed by atoms with E-state index in [1.165, 1.54) is 13.2 Å². The maximum Gasteiger partial charge on any atom is 0.132 e. The van der Waals surface area contributed by atoms with E-state index in [2.05, 4.69) is 5.32 Å². The Bertz CT molecular complexity index is 317. The first-order chi connectivity index (χ1) is 7.22. The monoisotopic (exact) mass is 213 g/mol. The van der Waals surface area contributed by atoms with Crippen molar-refractivity contribution in [2.24, 2.45) is 0 Å². The molecule has 0 radical (unpaired) electrons. The highest BCUT2D eigenvalue weighted by molar-refractivity contribution is 5.30. The molecule has 1 aromatic carbocycles. The first-order valence-corrected chi connectivity index (χ1v) is 4.73. The Morgan fingerprint density at radius 3 is 2.60 bits per heavy atom. The van der Waals surface area contributed by atoms with Crippen LogP contribution in [0.3, 0.4) is 0 Å². The normalized spacial score (nSPS) is 12.5. The highest BCUT2D eigenvalue weighted by Crippen LogP contribution is 2.23. The summed E-state index contributed by atoms with van der Waals surface area (Å²) in [5, 5.41) is 2.95. The van der Waals surface area contributed by atoms with Gasteiger partial charge in [-0.3, -0.25) is 0 Å². The molecule has 0 bridgehead atoms. The minimum absolute atomic E-state index is 0.277. The molecule has 1 rings (SSSR count). The summed E-state index contributed by atoms with van der Waals surface area (Å²) in [6.45, 7) is 0.569. The van der Waals surface area contributed by atoms with Gasteiger partial charge in [0.05, 0.1) is 13.2 Å². The summed E-state index contributed by atoms with van der Waals surface area (Å²) in [6, 6.07) is 4.76. The molecule has 0 amide bonds. The second kappa shape index (κ2) is 5.68. The Kier molecular flexibility index (Phi) is 4.52. The van der Waals surface area contributed by atoms with Gasteiger partial charge in [-0.15, -0.1) is 0 Å². The molecule has 1 atom stereocenters. The van der Waals surface area contributed by atoms with Crippen molar-refractivity contribution in [1.82, 2.24) is 5.32 Å². The maximum absolute atomic E-state index is 13.6. The molecule has 3 nitrogen and oxygen atoms in total. The van der Waals surface area contributed by atoms with E-state index in [0.29, 0.717) is 17.9 Å². The molecule has 84 valence electrons. The molecule has 0 saturated carbocycles. The first-order valence-electron chi connectivity index (χ1n) is 4.73. The smallest absolute Gasteiger partial charge is 0.132 e. The third-order valence-electron chi connectivity index (χ3n) is 2.23. The van der Waals surface area contributed by atoms with Crippen molar-refractivity contribution in [3.05, 3.63) is 29.6 Å². The third-order valence-corrected chi connectivity index (χ3v) is 2.23. The Labute approximate surface area is 89.2 Å². The fraction of sp³-hybridized carbons (Fsp3) is 0.455. The van der Waals surface area contributed by atoms with E-state index in [1.807, 2.05) is 0 Å². The first kappa shape index (κ1) is 11.9. The lowest BCUT2D eigenvalue weighted by atomic mass is 10.1. The molecule has 0 aliphatic carbocycles. The van der Waals surface area contributed by atoms with E-state index in [-0.39, 0.29) is 11.9 Å². The van der Waals surface area contributed by atoms with E-state index in [0.717, 1.165) is 0 Å². The summed E-state index contributed by atoms with van der Waals surface area (Å²) >= 11 is 0. The van der Waals surface area contributed by atoms with Gasteiger partial charge in [0, 0.05) is 25.3 Å². The topological polar surface area (TPSA) is 30.5 Å². The molecular formula is C11H16FNO2. The van der Waals surface area contributed by atoms with Gasteiger partial charge in [-0.2, -0.15) is 0 Å².